The Morgan fingerprint density at radius 1 is 0.957 bits per heavy atom. The summed E-state index contributed by atoms with van der Waals surface area (Å²) < 4.78 is 49.4. The Hall–Kier alpha value is -2.39. The molecule has 0 radical (unpaired) electrons. The highest BCUT2D eigenvalue weighted by atomic mass is 32.2. The molecule has 0 aliphatic rings. The van der Waals surface area contributed by atoms with Gasteiger partial charge in [-0.15, -0.1) is 0 Å². The van der Waals surface area contributed by atoms with Gasteiger partial charge in [0.1, 0.15) is 0 Å². The molecule has 2 N–H and O–H groups in total. The second kappa shape index (κ2) is 6.01. The van der Waals surface area contributed by atoms with Crippen LogP contribution in [0.25, 0.3) is 0 Å². The summed E-state index contributed by atoms with van der Waals surface area (Å²) in [6, 6.07) is 10.1. The van der Waals surface area contributed by atoms with E-state index in [-0.39, 0.29) is 21.0 Å². The third-order valence-corrected chi connectivity index (χ3v) is 5.45. The van der Waals surface area contributed by atoms with E-state index in [9.17, 15) is 21.6 Å². The molecule has 0 fully saturated rings. The molecule has 0 aromatic heterocycles. The van der Waals surface area contributed by atoms with E-state index in [2.05, 4.69) is 4.72 Å². The number of sulfone groups is 1. The molecule has 0 saturated carbocycles. The third-order valence-electron chi connectivity index (χ3n) is 2.92. The molecule has 23 heavy (non-hydrogen) atoms. The molecule has 122 valence electrons. The molecule has 0 unspecified atom stereocenters. The second-order valence-electron chi connectivity index (χ2n) is 4.74. The Labute approximate surface area is 133 Å². The van der Waals surface area contributed by atoms with Gasteiger partial charge in [0, 0.05) is 11.9 Å². The highest BCUT2D eigenvalue weighted by Gasteiger charge is 2.16. The zero-order chi connectivity index (χ0) is 17.3. The van der Waals surface area contributed by atoms with Gasteiger partial charge in [0.15, 0.2) is 9.84 Å². The minimum Gasteiger partial charge on any atom is -0.478 e. The smallest absolute Gasteiger partial charge is 0.335 e. The summed E-state index contributed by atoms with van der Waals surface area (Å²) in [5.74, 6) is -1.18. The molecule has 0 amide bonds. The fourth-order valence-electron chi connectivity index (χ4n) is 1.80. The Balaban J connectivity index is 2.32. The van der Waals surface area contributed by atoms with Crippen LogP contribution in [0.15, 0.2) is 58.3 Å². The van der Waals surface area contributed by atoms with E-state index in [0.29, 0.717) is 0 Å². The van der Waals surface area contributed by atoms with Crippen molar-refractivity contribution in [3.8, 4) is 0 Å². The lowest BCUT2D eigenvalue weighted by molar-refractivity contribution is 0.0697. The zero-order valence-electron chi connectivity index (χ0n) is 11.9. The molecule has 0 saturated heterocycles. The van der Waals surface area contributed by atoms with E-state index in [1.165, 1.54) is 48.5 Å². The van der Waals surface area contributed by atoms with Crippen molar-refractivity contribution in [2.24, 2.45) is 0 Å². The van der Waals surface area contributed by atoms with Crippen molar-refractivity contribution in [2.45, 2.75) is 9.79 Å². The molecule has 9 heteroatoms. The summed E-state index contributed by atoms with van der Waals surface area (Å²) in [7, 11) is -7.38. The van der Waals surface area contributed by atoms with Crippen LogP contribution in [0.1, 0.15) is 10.4 Å². The van der Waals surface area contributed by atoms with Crippen LogP contribution < -0.4 is 4.72 Å². The Morgan fingerprint density at radius 3 is 2.04 bits per heavy atom. The van der Waals surface area contributed by atoms with Gasteiger partial charge in [0.2, 0.25) is 0 Å². The van der Waals surface area contributed by atoms with Crippen molar-refractivity contribution >= 4 is 31.5 Å². The fraction of sp³-hybridized carbons (Fsp3) is 0.0714. The Bertz CT molecular complexity index is 947. The number of sulfonamides is 1. The quantitative estimate of drug-likeness (QED) is 0.841. The van der Waals surface area contributed by atoms with Gasteiger partial charge in [0.05, 0.1) is 15.4 Å². The van der Waals surface area contributed by atoms with Crippen LogP contribution in [0.2, 0.25) is 0 Å². The van der Waals surface area contributed by atoms with Gasteiger partial charge in [-0.3, -0.25) is 4.72 Å². The average molecular weight is 355 g/mol. The first-order valence-electron chi connectivity index (χ1n) is 6.26. The molecular weight excluding hydrogens is 342 g/mol. The Kier molecular flexibility index (Phi) is 4.44. The molecule has 0 spiro atoms. The van der Waals surface area contributed by atoms with Crippen molar-refractivity contribution in [3.05, 3.63) is 54.1 Å². The van der Waals surface area contributed by atoms with Crippen LogP contribution in [0.3, 0.4) is 0 Å². The number of rotatable bonds is 5. The standard InChI is InChI=1S/C14H13NO6S2/c1-22(18,19)12-5-7-13(8-6-12)23(20,21)15-11-4-2-3-10(9-11)14(16)17/h2-9,15H,1H3,(H,16,17). The number of benzene rings is 2. The lowest BCUT2D eigenvalue weighted by Gasteiger charge is -2.09. The highest BCUT2D eigenvalue weighted by Crippen LogP contribution is 2.19. The second-order valence-corrected chi connectivity index (χ2v) is 8.43. The van der Waals surface area contributed by atoms with Crippen molar-refractivity contribution in [1.29, 1.82) is 0 Å². The number of anilines is 1. The summed E-state index contributed by atoms with van der Waals surface area (Å²) in [4.78, 5) is 10.8. The van der Waals surface area contributed by atoms with Crippen molar-refractivity contribution in [3.63, 3.8) is 0 Å². The maximum Gasteiger partial charge on any atom is 0.335 e. The van der Waals surface area contributed by atoms with Gasteiger partial charge < -0.3 is 5.11 Å². The predicted molar refractivity (Wildman–Crippen MR) is 83.8 cm³/mol. The van der Waals surface area contributed by atoms with E-state index in [1.807, 2.05) is 0 Å². The van der Waals surface area contributed by atoms with Crippen LogP contribution in [0.4, 0.5) is 5.69 Å². The Morgan fingerprint density at radius 2 is 1.52 bits per heavy atom. The average Bonchev–Trinajstić information content (AvgIpc) is 2.46. The summed E-state index contributed by atoms with van der Waals surface area (Å²) in [6.45, 7) is 0. The van der Waals surface area contributed by atoms with Crippen LogP contribution in [-0.4, -0.2) is 34.2 Å². The van der Waals surface area contributed by atoms with E-state index < -0.39 is 25.8 Å². The van der Waals surface area contributed by atoms with Crippen molar-refractivity contribution in [2.75, 3.05) is 11.0 Å². The number of hydrogen-bond donors (Lipinski definition) is 2. The third kappa shape index (κ3) is 4.08. The van der Waals surface area contributed by atoms with Crippen LogP contribution >= 0.6 is 0 Å². The van der Waals surface area contributed by atoms with Crippen LogP contribution in [-0.2, 0) is 19.9 Å². The summed E-state index contributed by atoms with van der Waals surface area (Å²) in [5, 5.41) is 8.90. The fourth-order valence-corrected chi connectivity index (χ4v) is 3.48. The van der Waals surface area contributed by atoms with Gasteiger partial charge in [-0.2, -0.15) is 0 Å². The SMILES string of the molecule is CS(=O)(=O)c1ccc(S(=O)(=O)Nc2cccc(C(=O)O)c2)cc1. The monoisotopic (exact) mass is 355 g/mol. The van der Waals surface area contributed by atoms with Crippen molar-refractivity contribution in [1.82, 2.24) is 0 Å². The highest BCUT2D eigenvalue weighted by molar-refractivity contribution is 7.92. The number of carboxylic acids is 1. The summed E-state index contributed by atoms with van der Waals surface area (Å²) in [6.07, 6.45) is 1.02. The molecule has 0 aliphatic carbocycles. The first-order valence-corrected chi connectivity index (χ1v) is 9.63. The molecule has 0 heterocycles. The van der Waals surface area contributed by atoms with Gasteiger partial charge in [-0.25, -0.2) is 21.6 Å². The van der Waals surface area contributed by atoms with Crippen molar-refractivity contribution < 1.29 is 26.7 Å². The van der Waals surface area contributed by atoms with Gasteiger partial charge in [-0.1, -0.05) is 6.07 Å². The number of hydrogen-bond acceptors (Lipinski definition) is 5. The number of aromatic carboxylic acids is 1. The van der Waals surface area contributed by atoms with Gasteiger partial charge >= 0.3 is 5.97 Å². The van der Waals surface area contributed by atoms with E-state index >= 15 is 0 Å². The molecule has 2 aromatic carbocycles. The topological polar surface area (TPSA) is 118 Å². The van der Waals surface area contributed by atoms with Gasteiger partial charge in [0.25, 0.3) is 10.0 Å². The minimum absolute atomic E-state index is 0.00400. The molecular formula is C14H13NO6S2. The minimum atomic E-state index is -3.96. The number of nitrogens with one attached hydrogen (secondary N) is 1. The lowest BCUT2D eigenvalue weighted by atomic mass is 10.2. The molecule has 0 aliphatic heterocycles. The first kappa shape index (κ1) is 17.0. The molecule has 2 rings (SSSR count). The number of carbonyl (C=O) groups is 1. The van der Waals surface area contributed by atoms with Crippen LogP contribution in [0, 0.1) is 0 Å². The molecule has 0 atom stereocenters. The largest absolute Gasteiger partial charge is 0.478 e. The first-order chi connectivity index (χ1) is 10.6. The van der Waals surface area contributed by atoms with Gasteiger partial charge in [-0.05, 0) is 42.5 Å². The van der Waals surface area contributed by atoms with E-state index in [4.69, 9.17) is 5.11 Å². The number of carboxylic acid groups (broad SMARTS) is 1. The molecule has 2 aromatic rings. The maximum absolute atomic E-state index is 12.2. The lowest BCUT2D eigenvalue weighted by Crippen LogP contribution is -2.13. The zero-order valence-corrected chi connectivity index (χ0v) is 13.6. The summed E-state index contributed by atoms with van der Waals surface area (Å²) >= 11 is 0. The summed E-state index contributed by atoms with van der Waals surface area (Å²) in [5.41, 5.74) is 0.0368. The predicted octanol–water partition coefficient (Wildman–Crippen LogP) is 1.59. The normalized spacial score (nSPS) is 11.9. The molecule has 7 nitrogen and oxygen atoms in total. The van der Waals surface area contributed by atoms with E-state index in [1.54, 1.807) is 0 Å². The molecule has 0 bridgehead atoms. The maximum atomic E-state index is 12.2. The van der Waals surface area contributed by atoms with Crippen LogP contribution in [0.5, 0.6) is 0 Å². The van der Waals surface area contributed by atoms with E-state index in [0.717, 1.165) is 6.26 Å².